The maximum Gasteiger partial charge on any atom is 0.306 e. The van der Waals surface area contributed by atoms with Crippen molar-refractivity contribution >= 4 is 17.0 Å². The summed E-state index contributed by atoms with van der Waals surface area (Å²) in [5.41, 5.74) is 6.67. The molecule has 1 N–H and O–H groups in total. The standard InChI is InChI=1S/C23H26N4O2/c1-3-4-11-27-22-8-7-18(13-21(22)25-26-27)20(14-23(28)29-2)17-6-5-16-9-10-24-15-19(16)12-17/h3,5-8,12-13,20,24H,1,4,9-11,14-15H2,2H3. The van der Waals surface area contributed by atoms with Crippen molar-refractivity contribution in [2.45, 2.75) is 38.3 Å². The molecule has 1 aliphatic heterocycles. The van der Waals surface area contributed by atoms with Crippen molar-refractivity contribution in [1.82, 2.24) is 20.3 Å². The van der Waals surface area contributed by atoms with E-state index in [-0.39, 0.29) is 11.9 Å². The monoisotopic (exact) mass is 390 g/mol. The summed E-state index contributed by atoms with van der Waals surface area (Å²) in [6.07, 6.45) is 4.05. The number of carbonyl (C=O) groups is 1. The number of nitrogens with zero attached hydrogens (tertiary/aromatic N) is 3. The summed E-state index contributed by atoms with van der Waals surface area (Å²) in [6, 6.07) is 12.7. The minimum Gasteiger partial charge on any atom is -0.469 e. The van der Waals surface area contributed by atoms with Gasteiger partial charge in [0, 0.05) is 19.0 Å². The van der Waals surface area contributed by atoms with Crippen LogP contribution in [0.3, 0.4) is 0 Å². The van der Waals surface area contributed by atoms with Gasteiger partial charge >= 0.3 is 5.97 Å². The quantitative estimate of drug-likeness (QED) is 0.495. The molecule has 150 valence electrons. The zero-order valence-electron chi connectivity index (χ0n) is 16.7. The number of fused-ring (bicyclic) bond motifs is 2. The Balaban J connectivity index is 1.71. The highest BCUT2D eigenvalue weighted by Crippen LogP contribution is 2.32. The van der Waals surface area contributed by atoms with Crippen LogP contribution in [0.2, 0.25) is 0 Å². The van der Waals surface area contributed by atoms with Gasteiger partial charge < -0.3 is 10.1 Å². The van der Waals surface area contributed by atoms with Gasteiger partial charge in [0.15, 0.2) is 0 Å². The number of ether oxygens (including phenoxy) is 1. The Morgan fingerprint density at radius 2 is 2.10 bits per heavy atom. The van der Waals surface area contributed by atoms with Gasteiger partial charge in [0.1, 0.15) is 5.52 Å². The molecular formula is C23H26N4O2. The zero-order chi connectivity index (χ0) is 20.2. The SMILES string of the molecule is C=CCCn1nnc2cc(C(CC(=O)OC)c3ccc4c(c3)CNCC4)ccc21. The van der Waals surface area contributed by atoms with Crippen LogP contribution >= 0.6 is 0 Å². The Morgan fingerprint density at radius 3 is 2.93 bits per heavy atom. The number of methoxy groups -OCH3 is 1. The lowest BCUT2D eigenvalue weighted by Gasteiger charge is -2.22. The van der Waals surface area contributed by atoms with E-state index in [0.29, 0.717) is 6.42 Å². The molecule has 1 aliphatic rings. The maximum absolute atomic E-state index is 12.2. The second kappa shape index (κ2) is 8.57. The molecule has 0 saturated carbocycles. The van der Waals surface area contributed by atoms with Gasteiger partial charge in [-0.15, -0.1) is 11.7 Å². The number of hydrogen-bond donors (Lipinski definition) is 1. The van der Waals surface area contributed by atoms with Gasteiger partial charge in [-0.25, -0.2) is 4.68 Å². The van der Waals surface area contributed by atoms with Crippen LogP contribution < -0.4 is 5.32 Å². The van der Waals surface area contributed by atoms with Crippen molar-refractivity contribution in [3.63, 3.8) is 0 Å². The molecule has 4 rings (SSSR count). The average Bonchev–Trinajstić information content (AvgIpc) is 3.17. The lowest BCUT2D eigenvalue weighted by atomic mass is 9.85. The molecule has 1 aromatic heterocycles. The zero-order valence-corrected chi connectivity index (χ0v) is 16.7. The van der Waals surface area contributed by atoms with E-state index in [1.165, 1.54) is 18.2 Å². The molecule has 2 aromatic carbocycles. The smallest absolute Gasteiger partial charge is 0.306 e. The Hall–Kier alpha value is -2.99. The minimum absolute atomic E-state index is 0.0857. The predicted molar refractivity (Wildman–Crippen MR) is 113 cm³/mol. The van der Waals surface area contributed by atoms with E-state index in [2.05, 4.69) is 46.5 Å². The number of allylic oxidation sites excluding steroid dienone is 1. The molecule has 1 atom stereocenters. The summed E-state index contributed by atoms with van der Waals surface area (Å²) in [4.78, 5) is 12.2. The van der Waals surface area contributed by atoms with E-state index >= 15 is 0 Å². The highest BCUT2D eigenvalue weighted by atomic mass is 16.5. The molecule has 0 bridgehead atoms. The van der Waals surface area contributed by atoms with Gasteiger partial charge in [0.05, 0.1) is 19.0 Å². The molecule has 6 nitrogen and oxygen atoms in total. The van der Waals surface area contributed by atoms with Crippen LogP contribution in [0.5, 0.6) is 0 Å². The van der Waals surface area contributed by atoms with Crippen LogP contribution in [0.15, 0.2) is 49.1 Å². The lowest BCUT2D eigenvalue weighted by Crippen LogP contribution is -2.24. The summed E-state index contributed by atoms with van der Waals surface area (Å²) < 4.78 is 6.87. The Kier molecular flexibility index (Phi) is 5.71. The fourth-order valence-corrected chi connectivity index (χ4v) is 3.98. The van der Waals surface area contributed by atoms with Crippen LogP contribution in [0, 0.1) is 0 Å². The van der Waals surface area contributed by atoms with Crippen molar-refractivity contribution in [2.75, 3.05) is 13.7 Å². The number of carbonyl (C=O) groups excluding carboxylic acids is 1. The molecule has 0 amide bonds. The van der Waals surface area contributed by atoms with Gasteiger partial charge in [-0.05, 0) is 53.8 Å². The largest absolute Gasteiger partial charge is 0.469 e. The fourth-order valence-electron chi connectivity index (χ4n) is 3.98. The number of rotatable bonds is 7. The van der Waals surface area contributed by atoms with Crippen molar-refractivity contribution in [1.29, 1.82) is 0 Å². The Bertz CT molecular complexity index is 1040. The molecule has 0 radical (unpaired) electrons. The highest BCUT2D eigenvalue weighted by molar-refractivity contribution is 5.76. The number of aryl methyl sites for hydroxylation is 1. The summed E-state index contributed by atoms with van der Waals surface area (Å²) >= 11 is 0. The summed E-state index contributed by atoms with van der Waals surface area (Å²) in [5.74, 6) is -0.307. The average molecular weight is 390 g/mol. The van der Waals surface area contributed by atoms with E-state index < -0.39 is 0 Å². The van der Waals surface area contributed by atoms with Crippen molar-refractivity contribution in [3.05, 3.63) is 71.3 Å². The number of aromatic nitrogens is 3. The number of benzene rings is 2. The van der Waals surface area contributed by atoms with Crippen molar-refractivity contribution < 1.29 is 9.53 Å². The topological polar surface area (TPSA) is 69.0 Å². The third kappa shape index (κ3) is 4.07. The molecule has 29 heavy (non-hydrogen) atoms. The van der Waals surface area contributed by atoms with E-state index in [4.69, 9.17) is 4.74 Å². The molecule has 2 heterocycles. The number of nitrogens with one attached hydrogen (secondary N) is 1. The van der Waals surface area contributed by atoms with Crippen LogP contribution in [-0.4, -0.2) is 34.6 Å². The van der Waals surface area contributed by atoms with Crippen molar-refractivity contribution in [3.8, 4) is 0 Å². The van der Waals surface area contributed by atoms with Gasteiger partial charge in [0.25, 0.3) is 0 Å². The van der Waals surface area contributed by atoms with Crippen LogP contribution in [0.4, 0.5) is 0 Å². The molecule has 6 heteroatoms. The van der Waals surface area contributed by atoms with Gasteiger partial charge in [0.2, 0.25) is 0 Å². The second-order valence-electron chi connectivity index (χ2n) is 7.43. The van der Waals surface area contributed by atoms with E-state index in [0.717, 1.165) is 54.6 Å². The Labute approximate surface area is 170 Å². The normalized spacial score (nSPS) is 14.4. The third-order valence-electron chi connectivity index (χ3n) is 5.60. The molecule has 1 unspecified atom stereocenters. The van der Waals surface area contributed by atoms with Crippen LogP contribution in [0.1, 0.15) is 41.0 Å². The minimum atomic E-state index is -0.222. The van der Waals surface area contributed by atoms with Crippen molar-refractivity contribution in [2.24, 2.45) is 0 Å². The summed E-state index contributed by atoms with van der Waals surface area (Å²) in [7, 11) is 1.44. The van der Waals surface area contributed by atoms with E-state index in [1.54, 1.807) is 0 Å². The second-order valence-corrected chi connectivity index (χ2v) is 7.43. The fraction of sp³-hybridized carbons (Fsp3) is 0.348. The third-order valence-corrected chi connectivity index (χ3v) is 5.60. The molecule has 0 aliphatic carbocycles. The first-order valence-electron chi connectivity index (χ1n) is 10.0. The molecule has 0 fully saturated rings. The van der Waals surface area contributed by atoms with Crippen LogP contribution in [-0.2, 0) is 29.0 Å². The highest BCUT2D eigenvalue weighted by Gasteiger charge is 2.22. The molecule has 0 saturated heterocycles. The lowest BCUT2D eigenvalue weighted by molar-refractivity contribution is -0.140. The van der Waals surface area contributed by atoms with Crippen LogP contribution in [0.25, 0.3) is 11.0 Å². The van der Waals surface area contributed by atoms with Gasteiger partial charge in [-0.2, -0.15) is 0 Å². The van der Waals surface area contributed by atoms with Gasteiger partial charge in [-0.3, -0.25) is 4.79 Å². The number of esters is 1. The Morgan fingerprint density at radius 1 is 1.28 bits per heavy atom. The number of hydrogen-bond acceptors (Lipinski definition) is 5. The van der Waals surface area contributed by atoms with E-state index in [9.17, 15) is 4.79 Å². The molecule has 3 aromatic rings. The summed E-state index contributed by atoms with van der Waals surface area (Å²) in [6.45, 7) is 6.40. The maximum atomic E-state index is 12.2. The van der Waals surface area contributed by atoms with E-state index in [1.807, 2.05) is 22.9 Å². The first-order valence-corrected chi connectivity index (χ1v) is 10.0. The predicted octanol–water partition coefficient (Wildman–Crippen LogP) is 3.35. The first-order chi connectivity index (χ1) is 14.2. The first kappa shape index (κ1) is 19.3. The molecular weight excluding hydrogens is 364 g/mol. The summed E-state index contributed by atoms with van der Waals surface area (Å²) in [5, 5.41) is 12.0. The van der Waals surface area contributed by atoms with Gasteiger partial charge in [-0.1, -0.05) is 35.6 Å². The molecule has 0 spiro atoms.